The number of rotatable bonds is 3. The lowest BCUT2D eigenvalue weighted by molar-refractivity contribution is -0.132. The van der Waals surface area contributed by atoms with Crippen molar-refractivity contribution in [2.24, 2.45) is 0 Å². The van der Waals surface area contributed by atoms with E-state index in [9.17, 15) is 4.79 Å². The first-order valence-corrected chi connectivity index (χ1v) is 4.19. The molecule has 0 spiro atoms. The number of terminal acetylenes is 1. The van der Waals surface area contributed by atoms with Gasteiger partial charge in [-0.05, 0) is 6.92 Å². The molecule has 1 unspecified atom stereocenters. The van der Waals surface area contributed by atoms with Crippen LogP contribution in [0.3, 0.4) is 0 Å². The zero-order valence-corrected chi connectivity index (χ0v) is 8.21. The van der Waals surface area contributed by atoms with Crippen LogP contribution in [0, 0.1) is 12.3 Å². The van der Waals surface area contributed by atoms with Crippen molar-refractivity contribution in [3.8, 4) is 12.3 Å². The van der Waals surface area contributed by atoms with Gasteiger partial charge in [0.1, 0.15) is 18.7 Å². The summed E-state index contributed by atoms with van der Waals surface area (Å²) in [5.74, 6) is 2.33. The fourth-order valence-electron chi connectivity index (χ4n) is 1.06. The van der Waals surface area contributed by atoms with E-state index in [2.05, 4.69) is 16.0 Å². The van der Waals surface area contributed by atoms with Crippen molar-refractivity contribution < 1.29 is 4.79 Å². The Morgan fingerprint density at radius 3 is 3.00 bits per heavy atom. The molecule has 74 valence electrons. The van der Waals surface area contributed by atoms with Gasteiger partial charge in [0.2, 0.25) is 5.91 Å². The number of nitrogens with zero attached hydrogens (tertiary/aromatic N) is 4. The average Bonchev–Trinajstić information content (AvgIpc) is 2.68. The Morgan fingerprint density at radius 2 is 2.50 bits per heavy atom. The Balaban J connectivity index is 2.67. The van der Waals surface area contributed by atoms with Crippen molar-refractivity contribution >= 4 is 5.91 Å². The molecule has 0 aliphatic rings. The quantitative estimate of drug-likeness (QED) is 0.630. The van der Waals surface area contributed by atoms with Gasteiger partial charge in [0.15, 0.2) is 0 Å². The zero-order chi connectivity index (χ0) is 10.6. The van der Waals surface area contributed by atoms with Gasteiger partial charge in [-0.1, -0.05) is 5.92 Å². The summed E-state index contributed by atoms with van der Waals surface area (Å²) in [4.78, 5) is 16.9. The molecule has 0 saturated carbocycles. The van der Waals surface area contributed by atoms with Crippen LogP contribution >= 0.6 is 0 Å². The highest BCUT2D eigenvalue weighted by Gasteiger charge is 2.18. The summed E-state index contributed by atoms with van der Waals surface area (Å²) in [6.45, 7) is 2.06. The summed E-state index contributed by atoms with van der Waals surface area (Å²) in [6, 6.07) is -0.365. The van der Waals surface area contributed by atoms with Crippen LogP contribution in [0.4, 0.5) is 0 Å². The molecular weight excluding hydrogens is 180 g/mol. The summed E-state index contributed by atoms with van der Waals surface area (Å²) in [5, 5.41) is 3.89. The molecule has 0 bridgehead atoms. The topological polar surface area (TPSA) is 51.0 Å². The third kappa shape index (κ3) is 2.10. The van der Waals surface area contributed by atoms with E-state index in [1.54, 1.807) is 14.0 Å². The minimum atomic E-state index is -0.365. The largest absolute Gasteiger partial charge is 0.333 e. The van der Waals surface area contributed by atoms with Gasteiger partial charge in [0.05, 0.1) is 6.54 Å². The number of hydrogen-bond acceptors (Lipinski definition) is 3. The zero-order valence-electron chi connectivity index (χ0n) is 8.21. The molecule has 0 fully saturated rings. The van der Waals surface area contributed by atoms with E-state index in [-0.39, 0.29) is 11.9 Å². The van der Waals surface area contributed by atoms with Crippen LogP contribution in [-0.4, -0.2) is 39.2 Å². The first kappa shape index (κ1) is 10.3. The average molecular weight is 192 g/mol. The first-order valence-electron chi connectivity index (χ1n) is 4.19. The smallest absolute Gasteiger partial charge is 0.247 e. The van der Waals surface area contributed by atoms with Crippen molar-refractivity contribution in [2.45, 2.75) is 13.0 Å². The molecule has 5 nitrogen and oxygen atoms in total. The molecule has 1 rings (SSSR count). The summed E-state index contributed by atoms with van der Waals surface area (Å²) in [7, 11) is 1.66. The van der Waals surface area contributed by atoms with E-state index in [4.69, 9.17) is 6.42 Å². The third-order valence-corrected chi connectivity index (χ3v) is 1.90. The molecule has 5 heteroatoms. The molecule has 14 heavy (non-hydrogen) atoms. The third-order valence-electron chi connectivity index (χ3n) is 1.90. The Labute approximate surface area is 82.7 Å². The standard InChI is InChI=1S/C9H12N4O/c1-4-5-12(3)9(14)8(2)13-7-10-6-11-13/h1,6-8H,5H2,2-3H3. The van der Waals surface area contributed by atoms with Crippen LogP contribution in [0.1, 0.15) is 13.0 Å². The van der Waals surface area contributed by atoms with Crippen LogP contribution < -0.4 is 0 Å². The van der Waals surface area contributed by atoms with Gasteiger partial charge < -0.3 is 4.90 Å². The molecule has 0 aliphatic carbocycles. The number of carbonyl (C=O) groups excluding carboxylic acids is 1. The van der Waals surface area contributed by atoms with Gasteiger partial charge in [-0.3, -0.25) is 4.79 Å². The van der Waals surface area contributed by atoms with Crippen molar-refractivity contribution in [3.63, 3.8) is 0 Å². The SMILES string of the molecule is C#CCN(C)C(=O)C(C)n1cncn1. The van der Waals surface area contributed by atoms with Crippen molar-refractivity contribution in [3.05, 3.63) is 12.7 Å². The predicted octanol–water partition coefficient (Wildman–Crippen LogP) is -0.0693. The summed E-state index contributed by atoms with van der Waals surface area (Å²) >= 11 is 0. The highest BCUT2D eigenvalue weighted by atomic mass is 16.2. The fourth-order valence-corrected chi connectivity index (χ4v) is 1.06. The lowest BCUT2D eigenvalue weighted by atomic mass is 10.3. The van der Waals surface area contributed by atoms with Crippen LogP contribution in [0.25, 0.3) is 0 Å². The van der Waals surface area contributed by atoms with Gasteiger partial charge in [0.25, 0.3) is 0 Å². The molecule has 1 aromatic rings. The number of aromatic nitrogens is 3. The van der Waals surface area contributed by atoms with Gasteiger partial charge in [-0.15, -0.1) is 6.42 Å². The van der Waals surface area contributed by atoms with Crippen molar-refractivity contribution in [1.82, 2.24) is 19.7 Å². The van der Waals surface area contributed by atoms with E-state index in [1.165, 1.54) is 22.2 Å². The number of hydrogen-bond donors (Lipinski definition) is 0. The molecule has 0 aromatic carbocycles. The van der Waals surface area contributed by atoms with Crippen LogP contribution in [0.15, 0.2) is 12.7 Å². The number of carbonyl (C=O) groups is 1. The van der Waals surface area contributed by atoms with E-state index in [1.807, 2.05) is 0 Å². The molecule has 0 aliphatic heterocycles. The van der Waals surface area contributed by atoms with Gasteiger partial charge in [-0.2, -0.15) is 5.10 Å². The van der Waals surface area contributed by atoms with Crippen molar-refractivity contribution in [2.75, 3.05) is 13.6 Å². The van der Waals surface area contributed by atoms with Crippen LogP contribution in [0.5, 0.6) is 0 Å². The Bertz CT molecular complexity index is 338. The van der Waals surface area contributed by atoms with E-state index in [0.29, 0.717) is 6.54 Å². The van der Waals surface area contributed by atoms with E-state index >= 15 is 0 Å². The Morgan fingerprint density at radius 1 is 1.79 bits per heavy atom. The van der Waals surface area contributed by atoms with Gasteiger partial charge >= 0.3 is 0 Å². The molecule has 1 atom stereocenters. The van der Waals surface area contributed by atoms with E-state index < -0.39 is 0 Å². The second-order valence-electron chi connectivity index (χ2n) is 2.95. The molecular formula is C9H12N4O. The summed E-state index contributed by atoms with van der Waals surface area (Å²) in [5.41, 5.74) is 0. The molecule has 1 amide bonds. The highest BCUT2D eigenvalue weighted by molar-refractivity contribution is 5.79. The van der Waals surface area contributed by atoms with Crippen molar-refractivity contribution in [1.29, 1.82) is 0 Å². The first-order chi connectivity index (χ1) is 6.66. The van der Waals surface area contributed by atoms with Crippen LogP contribution in [-0.2, 0) is 4.79 Å². The minimum absolute atomic E-state index is 0.0755. The van der Waals surface area contributed by atoms with Gasteiger partial charge in [-0.25, -0.2) is 9.67 Å². The summed E-state index contributed by atoms with van der Waals surface area (Å²) < 4.78 is 1.50. The highest BCUT2D eigenvalue weighted by Crippen LogP contribution is 2.05. The molecule has 0 saturated heterocycles. The normalized spacial score (nSPS) is 11.8. The molecule has 1 heterocycles. The number of amides is 1. The van der Waals surface area contributed by atoms with Crippen LogP contribution in [0.2, 0.25) is 0 Å². The maximum absolute atomic E-state index is 11.7. The lowest BCUT2D eigenvalue weighted by Crippen LogP contribution is -2.33. The van der Waals surface area contributed by atoms with Gasteiger partial charge in [0, 0.05) is 7.05 Å². The molecule has 0 radical (unpaired) electrons. The van der Waals surface area contributed by atoms with E-state index in [0.717, 1.165) is 0 Å². The second-order valence-corrected chi connectivity index (χ2v) is 2.95. The Hall–Kier alpha value is -1.83. The second kappa shape index (κ2) is 4.42. The fraction of sp³-hybridized carbons (Fsp3) is 0.444. The lowest BCUT2D eigenvalue weighted by Gasteiger charge is -2.18. The maximum atomic E-state index is 11.7. The summed E-state index contributed by atoms with van der Waals surface area (Å²) in [6.07, 6.45) is 8.01. The monoisotopic (exact) mass is 192 g/mol. The molecule has 0 N–H and O–H groups in total. The Kier molecular flexibility index (Phi) is 3.24. The minimum Gasteiger partial charge on any atom is -0.333 e. The number of likely N-dealkylation sites (N-methyl/N-ethyl adjacent to an activating group) is 1. The maximum Gasteiger partial charge on any atom is 0.247 e. The molecule has 1 aromatic heterocycles. The predicted molar refractivity (Wildman–Crippen MR) is 51.2 cm³/mol.